The molecule has 0 aromatic carbocycles. The van der Waals surface area contributed by atoms with Crippen LogP contribution in [0.5, 0.6) is 0 Å². The van der Waals surface area contributed by atoms with Gasteiger partial charge in [0.15, 0.2) is 5.43 Å². The lowest BCUT2D eigenvalue weighted by Gasteiger charge is -2.33. The van der Waals surface area contributed by atoms with Crippen LogP contribution in [0.15, 0.2) is 23.3 Å². The minimum Gasteiger partial charge on any atom is -0.367 e. The van der Waals surface area contributed by atoms with Crippen molar-refractivity contribution < 1.29 is 4.79 Å². The highest BCUT2D eigenvalue weighted by Crippen LogP contribution is 2.12. The molecule has 1 amide bonds. The number of H-pyrrole nitrogens is 1. The molecule has 5 heteroatoms. The maximum absolute atomic E-state index is 12.3. The van der Waals surface area contributed by atoms with Crippen molar-refractivity contribution >= 4 is 5.91 Å². The summed E-state index contributed by atoms with van der Waals surface area (Å²) in [5.41, 5.74) is 0.0195. The van der Waals surface area contributed by atoms with Crippen molar-refractivity contribution in [2.45, 2.75) is 32.2 Å². The van der Waals surface area contributed by atoms with Crippen LogP contribution in [0.2, 0.25) is 0 Å². The molecule has 0 spiro atoms. The molecular formula is C14H21N3O2. The largest absolute Gasteiger partial charge is 0.367 e. The van der Waals surface area contributed by atoms with E-state index in [2.05, 4.69) is 17.2 Å². The molecule has 0 saturated carbocycles. The number of aromatic nitrogens is 1. The number of nitrogens with zero attached hydrogens (tertiary/aromatic N) is 1. The molecule has 2 N–H and O–H groups in total. The van der Waals surface area contributed by atoms with E-state index in [0.717, 1.165) is 32.4 Å². The number of likely N-dealkylation sites (tertiary alicyclic amines) is 1. The van der Waals surface area contributed by atoms with Gasteiger partial charge in [0.25, 0.3) is 5.91 Å². The van der Waals surface area contributed by atoms with E-state index < -0.39 is 0 Å². The number of piperidine rings is 1. The van der Waals surface area contributed by atoms with Crippen LogP contribution in [0, 0.1) is 0 Å². The Morgan fingerprint density at radius 3 is 3.16 bits per heavy atom. The predicted molar refractivity (Wildman–Crippen MR) is 74.3 cm³/mol. The third-order valence-corrected chi connectivity index (χ3v) is 3.45. The van der Waals surface area contributed by atoms with Gasteiger partial charge >= 0.3 is 0 Å². The molecule has 104 valence electrons. The van der Waals surface area contributed by atoms with E-state index >= 15 is 0 Å². The highest BCUT2D eigenvalue weighted by atomic mass is 16.2. The van der Waals surface area contributed by atoms with Gasteiger partial charge in [-0.05, 0) is 25.8 Å². The second-order valence-electron chi connectivity index (χ2n) is 4.97. The Bertz CT molecular complexity index is 484. The predicted octanol–water partition coefficient (Wildman–Crippen LogP) is 0.979. The molecule has 1 unspecified atom stereocenters. The van der Waals surface area contributed by atoms with E-state index in [1.165, 1.54) is 12.3 Å². The van der Waals surface area contributed by atoms with Gasteiger partial charge in [0.05, 0.1) is 0 Å². The van der Waals surface area contributed by atoms with Gasteiger partial charge in [-0.15, -0.1) is 0 Å². The number of amides is 1. The van der Waals surface area contributed by atoms with Crippen molar-refractivity contribution in [3.05, 3.63) is 34.2 Å². The van der Waals surface area contributed by atoms with Crippen LogP contribution in [0.25, 0.3) is 0 Å². The Labute approximate surface area is 113 Å². The van der Waals surface area contributed by atoms with Crippen LogP contribution < -0.4 is 10.7 Å². The second kappa shape index (κ2) is 6.52. The molecule has 1 aliphatic rings. The van der Waals surface area contributed by atoms with Crippen LogP contribution in [0.4, 0.5) is 0 Å². The number of hydrogen-bond donors (Lipinski definition) is 2. The van der Waals surface area contributed by atoms with Crippen LogP contribution in [0.3, 0.4) is 0 Å². The second-order valence-corrected chi connectivity index (χ2v) is 4.97. The number of rotatable bonds is 4. The van der Waals surface area contributed by atoms with Crippen LogP contribution in [0.1, 0.15) is 36.5 Å². The van der Waals surface area contributed by atoms with Crippen LogP contribution >= 0.6 is 0 Å². The first-order valence-electron chi connectivity index (χ1n) is 6.92. The molecule has 1 saturated heterocycles. The quantitative estimate of drug-likeness (QED) is 0.851. The molecule has 1 aromatic heterocycles. The highest BCUT2D eigenvalue weighted by molar-refractivity contribution is 5.93. The fraction of sp³-hybridized carbons (Fsp3) is 0.571. The zero-order valence-corrected chi connectivity index (χ0v) is 11.3. The van der Waals surface area contributed by atoms with Crippen molar-refractivity contribution in [2.24, 2.45) is 0 Å². The Hall–Kier alpha value is -1.62. The summed E-state index contributed by atoms with van der Waals surface area (Å²) in [7, 11) is 0. The van der Waals surface area contributed by atoms with Crippen molar-refractivity contribution in [3.63, 3.8) is 0 Å². The fourth-order valence-electron chi connectivity index (χ4n) is 2.43. The standard InChI is InChI=1S/C14H21N3O2/c1-2-6-16-11-4-3-8-17(10-11)14(19)12-9-15-7-5-13(12)18/h5,7,9,11,16H,2-4,6,8,10H2,1H3,(H,15,18). The first-order valence-corrected chi connectivity index (χ1v) is 6.92. The van der Waals surface area contributed by atoms with Crippen molar-refractivity contribution in [1.29, 1.82) is 0 Å². The van der Waals surface area contributed by atoms with E-state index in [1.54, 1.807) is 11.1 Å². The van der Waals surface area contributed by atoms with Gasteiger partial charge in [0, 0.05) is 37.6 Å². The lowest BCUT2D eigenvalue weighted by Crippen LogP contribution is -2.48. The summed E-state index contributed by atoms with van der Waals surface area (Å²) >= 11 is 0. The highest BCUT2D eigenvalue weighted by Gasteiger charge is 2.25. The Morgan fingerprint density at radius 1 is 1.58 bits per heavy atom. The molecule has 19 heavy (non-hydrogen) atoms. The van der Waals surface area contributed by atoms with Gasteiger partial charge in [0.2, 0.25) is 0 Å². The molecule has 2 heterocycles. The van der Waals surface area contributed by atoms with E-state index in [0.29, 0.717) is 12.6 Å². The summed E-state index contributed by atoms with van der Waals surface area (Å²) in [6, 6.07) is 1.74. The first kappa shape index (κ1) is 13.8. The number of aromatic amines is 1. The molecule has 2 rings (SSSR count). The third kappa shape index (κ3) is 3.44. The Balaban J connectivity index is 2.03. The minimum atomic E-state index is -0.215. The first-order chi connectivity index (χ1) is 9.22. The molecule has 1 atom stereocenters. The van der Waals surface area contributed by atoms with E-state index in [4.69, 9.17) is 0 Å². The van der Waals surface area contributed by atoms with Gasteiger partial charge < -0.3 is 15.2 Å². The number of carbonyl (C=O) groups is 1. The number of nitrogens with one attached hydrogen (secondary N) is 2. The van der Waals surface area contributed by atoms with Gasteiger partial charge in [-0.3, -0.25) is 9.59 Å². The summed E-state index contributed by atoms with van der Waals surface area (Å²) in [6.45, 7) is 4.52. The average Bonchev–Trinajstić information content (AvgIpc) is 2.45. The van der Waals surface area contributed by atoms with Crippen LogP contribution in [-0.2, 0) is 0 Å². The van der Waals surface area contributed by atoms with Gasteiger partial charge in [-0.25, -0.2) is 0 Å². The van der Waals surface area contributed by atoms with Crippen LogP contribution in [-0.4, -0.2) is 41.5 Å². The van der Waals surface area contributed by atoms with Gasteiger partial charge in [-0.2, -0.15) is 0 Å². The average molecular weight is 263 g/mol. The summed E-state index contributed by atoms with van der Waals surface area (Å²) in [4.78, 5) is 28.6. The summed E-state index contributed by atoms with van der Waals surface area (Å²) < 4.78 is 0. The number of hydrogen-bond acceptors (Lipinski definition) is 3. The SMILES string of the molecule is CCCNC1CCCN(C(=O)c2c[nH]ccc2=O)C1. The third-order valence-electron chi connectivity index (χ3n) is 3.45. The van der Waals surface area contributed by atoms with E-state index in [9.17, 15) is 9.59 Å². The Morgan fingerprint density at radius 2 is 2.42 bits per heavy atom. The zero-order chi connectivity index (χ0) is 13.7. The smallest absolute Gasteiger partial charge is 0.259 e. The normalized spacial score (nSPS) is 19.4. The lowest BCUT2D eigenvalue weighted by molar-refractivity contribution is 0.0693. The lowest BCUT2D eigenvalue weighted by atomic mass is 10.0. The monoisotopic (exact) mass is 263 g/mol. The van der Waals surface area contributed by atoms with Gasteiger partial charge in [-0.1, -0.05) is 6.92 Å². The van der Waals surface area contributed by atoms with Gasteiger partial charge in [0.1, 0.15) is 5.56 Å². The molecule has 1 fully saturated rings. The van der Waals surface area contributed by atoms with E-state index in [-0.39, 0.29) is 16.9 Å². The molecule has 1 aromatic rings. The van der Waals surface area contributed by atoms with Crippen molar-refractivity contribution in [1.82, 2.24) is 15.2 Å². The number of pyridine rings is 1. The maximum Gasteiger partial charge on any atom is 0.259 e. The topological polar surface area (TPSA) is 65.2 Å². The maximum atomic E-state index is 12.3. The molecule has 0 bridgehead atoms. The fourth-order valence-corrected chi connectivity index (χ4v) is 2.43. The summed E-state index contributed by atoms with van der Waals surface area (Å²) in [5, 5.41) is 3.44. The zero-order valence-electron chi connectivity index (χ0n) is 11.3. The van der Waals surface area contributed by atoms with E-state index in [1.807, 2.05) is 0 Å². The minimum absolute atomic E-state index is 0.162. The molecule has 1 aliphatic heterocycles. The summed E-state index contributed by atoms with van der Waals surface area (Å²) in [6.07, 6.45) is 6.20. The Kier molecular flexibility index (Phi) is 4.74. The van der Waals surface area contributed by atoms with Crippen molar-refractivity contribution in [3.8, 4) is 0 Å². The molecule has 0 radical (unpaired) electrons. The molecule has 5 nitrogen and oxygen atoms in total. The number of carbonyl (C=O) groups excluding carboxylic acids is 1. The van der Waals surface area contributed by atoms with Crippen molar-refractivity contribution in [2.75, 3.05) is 19.6 Å². The molecule has 0 aliphatic carbocycles. The molecular weight excluding hydrogens is 242 g/mol. The summed E-state index contributed by atoms with van der Waals surface area (Å²) in [5.74, 6) is -0.162.